The van der Waals surface area contributed by atoms with Crippen LogP contribution in [0.25, 0.3) is 20.3 Å². The summed E-state index contributed by atoms with van der Waals surface area (Å²) in [6.07, 6.45) is 0. The van der Waals surface area contributed by atoms with Crippen LogP contribution in [0.5, 0.6) is 0 Å². The van der Waals surface area contributed by atoms with Crippen molar-refractivity contribution in [2.75, 3.05) is 0 Å². The van der Waals surface area contributed by atoms with E-state index >= 15 is 0 Å². The second-order valence-corrected chi connectivity index (χ2v) is 5.08. The lowest BCUT2D eigenvalue weighted by Gasteiger charge is -1.85. The minimum atomic E-state index is 0.886. The van der Waals surface area contributed by atoms with Gasteiger partial charge in [0.2, 0.25) is 0 Å². The van der Waals surface area contributed by atoms with Crippen molar-refractivity contribution >= 4 is 39.9 Å². The molecule has 0 radical (unpaired) electrons. The molecule has 2 aromatic heterocycles. The van der Waals surface area contributed by atoms with Crippen molar-refractivity contribution < 1.29 is 0 Å². The van der Waals surface area contributed by atoms with Gasteiger partial charge in [-0.25, -0.2) is 0 Å². The summed E-state index contributed by atoms with van der Waals surface area (Å²) in [5.41, 5.74) is 0. The Hall–Kier alpha value is -0.780. The number of hydrogen-bond donors (Lipinski definition) is 0. The van der Waals surface area contributed by atoms with Gasteiger partial charge in [-0.2, -0.15) is 0 Å². The molecule has 0 saturated heterocycles. The molecule has 0 nitrogen and oxygen atoms in total. The standard InChI is InChI=1S/C10H7PS/c1-2-4-8-7(3-1)10-9(11-8)5-6-12-10/h1-6,11H. The van der Waals surface area contributed by atoms with Crippen LogP contribution in [0.4, 0.5) is 0 Å². The Labute approximate surface area is 75.9 Å². The van der Waals surface area contributed by atoms with Crippen LogP contribution in [0, 0.1) is 0 Å². The zero-order valence-corrected chi connectivity index (χ0v) is 8.19. The van der Waals surface area contributed by atoms with E-state index in [-0.39, 0.29) is 0 Å². The Morgan fingerprint density at radius 1 is 1.00 bits per heavy atom. The third kappa shape index (κ3) is 0.782. The first-order chi connectivity index (χ1) is 5.95. The largest absolute Gasteiger partial charge is 0.143 e. The lowest BCUT2D eigenvalue weighted by molar-refractivity contribution is 1.88. The molecule has 0 aliphatic heterocycles. The Morgan fingerprint density at radius 3 is 2.92 bits per heavy atom. The first kappa shape index (κ1) is 6.71. The Balaban J connectivity index is 2.68. The second-order valence-electron chi connectivity index (χ2n) is 2.83. The van der Waals surface area contributed by atoms with Gasteiger partial charge in [0, 0.05) is 20.3 Å². The van der Waals surface area contributed by atoms with E-state index in [0.29, 0.717) is 0 Å². The normalized spacial score (nSPS) is 12.0. The van der Waals surface area contributed by atoms with E-state index in [4.69, 9.17) is 0 Å². The fourth-order valence-corrected chi connectivity index (χ4v) is 4.16. The summed E-state index contributed by atoms with van der Waals surface area (Å²) < 4.78 is 1.49. The first-order valence-corrected chi connectivity index (χ1v) is 5.77. The lowest BCUT2D eigenvalue weighted by Crippen LogP contribution is -1.57. The Bertz CT molecular complexity index is 532. The van der Waals surface area contributed by atoms with Crippen molar-refractivity contribution in [1.82, 2.24) is 0 Å². The topological polar surface area (TPSA) is 0 Å². The van der Waals surface area contributed by atoms with Gasteiger partial charge in [0.1, 0.15) is 0 Å². The smallest absolute Gasteiger partial charge is 0.0461 e. The van der Waals surface area contributed by atoms with Gasteiger partial charge in [0.05, 0.1) is 0 Å². The highest BCUT2D eigenvalue weighted by Crippen LogP contribution is 2.40. The second kappa shape index (κ2) is 2.35. The average molecular weight is 190 g/mol. The predicted molar refractivity (Wildman–Crippen MR) is 58.8 cm³/mol. The van der Waals surface area contributed by atoms with Crippen LogP contribution in [-0.2, 0) is 0 Å². The molecule has 0 saturated carbocycles. The number of fused-ring (bicyclic) bond motifs is 3. The molecule has 0 N–H and O–H groups in total. The molecular formula is C10H7PS. The molecule has 3 aromatic rings. The Kier molecular flexibility index (Phi) is 1.31. The number of hydrogen-bond acceptors (Lipinski definition) is 1. The molecule has 2 heterocycles. The summed E-state index contributed by atoms with van der Waals surface area (Å²) in [6, 6.07) is 11.0. The van der Waals surface area contributed by atoms with Crippen molar-refractivity contribution in [2.45, 2.75) is 0 Å². The molecule has 2 heteroatoms. The van der Waals surface area contributed by atoms with Crippen molar-refractivity contribution in [3.8, 4) is 0 Å². The van der Waals surface area contributed by atoms with Gasteiger partial charge in [-0.1, -0.05) is 24.3 Å². The van der Waals surface area contributed by atoms with Crippen LogP contribution in [0.1, 0.15) is 0 Å². The molecular weight excluding hydrogens is 183 g/mol. The highest BCUT2D eigenvalue weighted by molar-refractivity contribution is 7.46. The van der Waals surface area contributed by atoms with Gasteiger partial charge in [-0.15, -0.1) is 19.5 Å². The SMILES string of the molecule is c1ccc2c(c1)[pH]c1ccsc12. The monoisotopic (exact) mass is 190 g/mol. The molecule has 1 aromatic carbocycles. The number of benzene rings is 1. The lowest BCUT2D eigenvalue weighted by atomic mass is 10.2. The zero-order chi connectivity index (χ0) is 7.97. The molecule has 3 rings (SSSR count). The van der Waals surface area contributed by atoms with Gasteiger partial charge in [0.15, 0.2) is 0 Å². The molecule has 0 aliphatic carbocycles. The molecule has 0 bridgehead atoms. The average Bonchev–Trinajstić information content (AvgIpc) is 2.62. The fraction of sp³-hybridized carbons (Fsp3) is 0. The summed E-state index contributed by atoms with van der Waals surface area (Å²) in [7, 11) is 0.886. The molecule has 0 amide bonds. The van der Waals surface area contributed by atoms with Gasteiger partial charge in [-0.3, -0.25) is 0 Å². The van der Waals surface area contributed by atoms with Gasteiger partial charge in [0.25, 0.3) is 0 Å². The fourth-order valence-electron chi connectivity index (χ4n) is 1.55. The van der Waals surface area contributed by atoms with E-state index in [0.717, 1.165) is 8.19 Å². The predicted octanol–water partition coefficient (Wildman–Crippen LogP) is 4.09. The van der Waals surface area contributed by atoms with Crippen LogP contribution in [0.2, 0.25) is 0 Å². The van der Waals surface area contributed by atoms with Crippen LogP contribution in [0.15, 0.2) is 35.7 Å². The summed E-state index contributed by atoms with van der Waals surface area (Å²) in [6.45, 7) is 0. The van der Waals surface area contributed by atoms with Crippen molar-refractivity contribution in [3.63, 3.8) is 0 Å². The third-order valence-corrected chi connectivity index (χ3v) is 4.63. The van der Waals surface area contributed by atoms with Gasteiger partial charge >= 0.3 is 0 Å². The van der Waals surface area contributed by atoms with Crippen LogP contribution >= 0.6 is 19.5 Å². The maximum absolute atomic E-state index is 2.25. The molecule has 0 spiro atoms. The van der Waals surface area contributed by atoms with E-state index in [1.807, 2.05) is 11.3 Å². The van der Waals surface area contributed by atoms with E-state index in [2.05, 4.69) is 35.7 Å². The summed E-state index contributed by atoms with van der Waals surface area (Å²) in [5.74, 6) is 0. The summed E-state index contributed by atoms with van der Waals surface area (Å²) >= 11 is 1.86. The quantitative estimate of drug-likeness (QED) is 0.501. The van der Waals surface area contributed by atoms with Gasteiger partial charge in [-0.05, 0) is 11.4 Å². The van der Waals surface area contributed by atoms with Crippen molar-refractivity contribution in [2.24, 2.45) is 0 Å². The minimum absolute atomic E-state index is 0.886. The minimum Gasteiger partial charge on any atom is -0.143 e. The van der Waals surface area contributed by atoms with Crippen LogP contribution in [-0.4, -0.2) is 0 Å². The molecule has 58 valence electrons. The third-order valence-electron chi connectivity index (χ3n) is 2.11. The molecule has 1 atom stereocenters. The molecule has 12 heavy (non-hydrogen) atoms. The van der Waals surface area contributed by atoms with E-state index in [9.17, 15) is 0 Å². The highest BCUT2D eigenvalue weighted by Gasteiger charge is 2.02. The summed E-state index contributed by atoms with van der Waals surface area (Å²) in [5, 5.41) is 6.69. The summed E-state index contributed by atoms with van der Waals surface area (Å²) in [4.78, 5) is 0. The van der Waals surface area contributed by atoms with Crippen molar-refractivity contribution in [1.29, 1.82) is 0 Å². The molecule has 1 unspecified atom stereocenters. The maximum atomic E-state index is 2.25. The van der Waals surface area contributed by atoms with Gasteiger partial charge < -0.3 is 0 Å². The Morgan fingerprint density at radius 2 is 1.92 bits per heavy atom. The zero-order valence-electron chi connectivity index (χ0n) is 6.37. The number of thiophene rings is 1. The number of rotatable bonds is 0. The van der Waals surface area contributed by atoms with Crippen molar-refractivity contribution in [3.05, 3.63) is 35.7 Å². The van der Waals surface area contributed by atoms with Crippen LogP contribution in [0.3, 0.4) is 0 Å². The van der Waals surface area contributed by atoms with Crippen LogP contribution < -0.4 is 0 Å². The van der Waals surface area contributed by atoms with E-state index in [1.54, 1.807) is 0 Å². The molecule has 0 aliphatic rings. The molecule has 0 fully saturated rings. The highest BCUT2D eigenvalue weighted by atomic mass is 32.1. The van der Waals surface area contributed by atoms with E-state index in [1.165, 1.54) is 20.3 Å². The maximum Gasteiger partial charge on any atom is 0.0461 e. The first-order valence-electron chi connectivity index (χ1n) is 3.89. The van der Waals surface area contributed by atoms with E-state index < -0.39 is 0 Å².